The lowest BCUT2D eigenvalue weighted by molar-refractivity contribution is 0.111. The molecule has 1 aromatic heterocycles. The molecule has 0 saturated heterocycles. The summed E-state index contributed by atoms with van der Waals surface area (Å²) in [5, 5.41) is 0.0164. The number of halogens is 1. The van der Waals surface area contributed by atoms with E-state index in [9.17, 15) is 22.0 Å². The van der Waals surface area contributed by atoms with Gasteiger partial charge in [-0.1, -0.05) is 76.5 Å². The first-order valence-electron chi connectivity index (χ1n) is 10.8. The highest BCUT2D eigenvalue weighted by Crippen LogP contribution is 2.32. The van der Waals surface area contributed by atoms with Crippen LogP contribution in [0.4, 0.5) is 0 Å². The molecule has 4 rings (SSSR count). The fourth-order valence-corrected chi connectivity index (χ4v) is 5.83. The molecule has 1 unspecified atom stereocenters. The largest absolute Gasteiger partial charge is 0.316 e. The molecule has 1 heterocycles. The van der Waals surface area contributed by atoms with Crippen molar-refractivity contribution in [2.45, 2.75) is 16.3 Å². The van der Waals surface area contributed by atoms with Gasteiger partial charge in [-0.15, -0.1) is 0 Å². The summed E-state index contributed by atoms with van der Waals surface area (Å²) in [6, 6.07) is 20.1. The minimum Gasteiger partial charge on any atom is -0.316 e. The zero-order valence-corrected chi connectivity index (χ0v) is 21.9. The predicted octanol–water partition coefficient (Wildman–Crippen LogP) is 4.20. The molecular weight excluding hydrogens is 536 g/mol. The zero-order valence-electron chi connectivity index (χ0n) is 19.4. The van der Waals surface area contributed by atoms with Crippen molar-refractivity contribution < 1.29 is 22.0 Å². The number of aromatic nitrogens is 2. The molecule has 12 heteroatoms. The van der Waals surface area contributed by atoms with Crippen molar-refractivity contribution in [3.05, 3.63) is 89.2 Å². The molecule has 37 heavy (non-hydrogen) atoms. The number of sulfonamides is 1. The maximum absolute atomic E-state index is 12.8. The molecular formula is C25H22ClN4O5S2+. The van der Waals surface area contributed by atoms with Crippen molar-refractivity contribution in [2.24, 2.45) is 4.99 Å². The number of nitrogens with one attached hydrogen (secondary N) is 1. The standard InChI is InChI=1S/C25H21ClN4O5S2/c1-27-16-28-37(34,35)23-10-6-5-9-20(23)18-11-12-19(22(13-18)36(32)33)14-30-21(15-31)24(26)29-25(30)17-7-3-2-4-8-17/h2-13,15-16H,14H2,1H3,(H,27,28)(H,32,33)/p+1. The Bertz CT molecular complexity index is 1620. The van der Waals surface area contributed by atoms with Gasteiger partial charge in [0.05, 0.1) is 17.8 Å². The van der Waals surface area contributed by atoms with Crippen molar-refractivity contribution in [3.8, 4) is 22.5 Å². The van der Waals surface area contributed by atoms with Crippen LogP contribution in [-0.2, 0) is 31.9 Å². The highest BCUT2D eigenvalue weighted by atomic mass is 35.5. The minimum atomic E-state index is -3.94. The summed E-state index contributed by atoms with van der Waals surface area (Å²) >= 11 is 3.40. The monoisotopic (exact) mass is 557 g/mol. The van der Waals surface area contributed by atoms with Gasteiger partial charge in [-0.05, 0) is 11.6 Å². The van der Waals surface area contributed by atoms with E-state index in [1.54, 1.807) is 34.9 Å². The number of rotatable bonds is 9. The van der Waals surface area contributed by atoms with Crippen LogP contribution in [0.15, 0.2) is 87.6 Å². The van der Waals surface area contributed by atoms with Gasteiger partial charge in [0, 0.05) is 29.8 Å². The third kappa shape index (κ3) is 5.54. The summed E-state index contributed by atoms with van der Waals surface area (Å²) in [6.45, 7) is 0.0315. The Labute approximate surface area is 221 Å². The predicted molar refractivity (Wildman–Crippen MR) is 144 cm³/mol. The van der Waals surface area contributed by atoms with Crippen molar-refractivity contribution >= 4 is 45.3 Å². The second-order valence-electron chi connectivity index (χ2n) is 7.80. The molecule has 0 aliphatic heterocycles. The first kappa shape index (κ1) is 26.4. The Morgan fingerprint density at radius 3 is 2.46 bits per heavy atom. The van der Waals surface area contributed by atoms with Crippen LogP contribution in [-0.4, -0.2) is 42.2 Å². The van der Waals surface area contributed by atoms with Crippen LogP contribution < -0.4 is 4.72 Å². The second kappa shape index (κ2) is 11.2. The zero-order chi connectivity index (χ0) is 26.6. The lowest BCUT2D eigenvalue weighted by Crippen LogP contribution is -2.22. The third-order valence-electron chi connectivity index (χ3n) is 5.55. The Balaban J connectivity index is 1.82. The fraction of sp³-hybridized carbons (Fsp3) is 0.0800. The number of imidazole rings is 1. The summed E-state index contributed by atoms with van der Waals surface area (Å²) in [4.78, 5) is 19.9. The van der Waals surface area contributed by atoms with Gasteiger partial charge in [-0.3, -0.25) is 14.5 Å². The van der Waals surface area contributed by atoms with Crippen molar-refractivity contribution in [2.75, 3.05) is 7.05 Å². The molecule has 1 atom stereocenters. The van der Waals surface area contributed by atoms with Crippen LogP contribution in [0, 0.1) is 0 Å². The van der Waals surface area contributed by atoms with E-state index in [1.807, 2.05) is 30.3 Å². The van der Waals surface area contributed by atoms with Gasteiger partial charge in [-0.25, -0.2) is 13.4 Å². The smallest absolute Gasteiger partial charge is 0.263 e. The number of thiol groups is 1. The van der Waals surface area contributed by atoms with Gasteiger partial charge < -0.3 is 4.57 Å². The normalized spacial score (nSPS) is 12.5. The molecule has 0 bridgehead atoms. The van der Waals surface area contributed by atoms with E-state index in [-0.39, 0.29) is 27.2 Å². The maximum atomic E-state index is 12.8. The van der Waals surface area contributed by atoms with E-state index in [0.717, 1.165) is 6.34 Å². The van der Waals surface area contributed by atoms with Crippen LogP contribution >= 0.6 is 11.6 Å². The number of benzene rings is 3. The highest BCUT2D eigenvalue weighted by Gasteiger charge is 2.23. The summed E-state index contributed by atoms with van der Waals surface area (Å²) in [5.74, 6) is 0.427. The molecule has 0 saturated carbocycles. The molecule has 9 nitrogen and oxygen atoms in total. The van der Waals surface area contributed by atoms with Gasteiger partial charge in [0.15, 0.2) is 16.3 Å². The number of aldehydes is 1. The summed E-state index contributed by atoms with van der Waals surface area (Å²) in [6.07, 6.45) is 1.65. The summed E-state index contributed by atoms with van der Waals surface area (Å²) in [5.41, 5.74) is 2.05. The molecule has 3 aromatic carbocycles. The highest BCUT2D eigenvalue weighted by molar-refractivity contribution is 7.90. The van der Waals surface area contributed by atoms with Crippen LogP contribution in [0.3, 0.4) is 0 Å². The number of aliphatic imine (C=N–C) groups is 1. The van der Waals surface area contributed by atoms with Crippen molar-refractivity contribution in [3.63, 3.8) is 0 Å². The van der Waals surface area contributed by atoms with Gasteiger partial charge in [-0.2, -0.15) is 4.55 Å². The number of hydrogen-bond acceptors (Lipinski definition) is 6. The van der Waals surface area contributed by atoms with E-state index in [1.165, 1.54) is 19.2 Å². The Kier molecular flexibility index (Phi) is 7.98. The Morgan fingerprint density at radius 1 is 1.08 bits per heavy atom. The van der Waals surface area contributed by atoms with Crippen LogP contribution in [0.25, 0.3) is 22.5 Å². The van der Waals surface area contributed by atoms with Gasteiger partial charge in [0.25, 0.3) is 10.0 Å². The molecule has 0 amide bonds. The quantitative estimate of drug-likeness (QED) is 0.104. The molecule has 0 aliphatic carbocycles. The number of carbonyl (C=O) groups excluding carboxylic acids is 1. The average Bonchev–Trinajstić information content (AvgIpc) is 3.22. The molecule has 0 fully saturated rings. The van der Waals surface area contributed by atoms with Crippen LogP contribution in [0.5, 0.6) is 0 Å². The average molecular weight is 558 g/mol. The lowest BCUT2D eigenvalue weighted by atomic mass is 10.0. The van der Waals surface area contributed by atoms with Crippen molar-refractivity contribution in [1.29, 1.82) is 0 Å². The van der Waals surface area contributed by atoms with Gasteiger partial charge in [0.1, 0.15) is 11.5 Å². The lowest BCUT2D eigenvalue weighted by Gasteiger charge is -2.13. The fourth-order valence-electron chi connectivity index (χ4n) is 3.85. The molecule has 190 valence electrons. The molecule has 4 aromatic rings. The van der Waals surface area contributed by atoms with Crippen LogP contribution in [0.2, 0.25) is 5.15 Å². The summed E-state index contributed by atoms with van der Waals surface area (Å²) in [7, 11) is -2.50. The topological polar surface area (TPSA) is 131 Å². The van der Waals surface area contributed by atoms with E-state index in [4.69, 9.17) is 11.6 Å². The number of hydrogen-bond donors (Lipinski definition) is 2. The molecule has 0 radical (unpaired) electrons. The van der Waals surface area contributed by atoms with E-state index >= 15 is 0 Å². The van der Waals surface area contributed by atoms with Crippen molar-refractivity contribution in [1.82, 2.24) is 14.3 Å². The molecule has 2 N–H and O–H groups in total. The minimum absolute atomic E-state index is 0.0160. The maximum Gasteiger partial charge on any atom is 0.263 e. The Morgan fingerprint density at radius 2 is 1.78 bits per heavy atom. The Hall–Kier alpha value is -3.64. The second-order valence-corrected chi connectivity index (χ2v) is 10.9. The number of carbonyl (C=O) groups is 1. The van der Waals surface area contributed by atoms with Gasteiger partial charge >= 0.3 is 0 Å². The third-order valence-corrected chi connectivity index (χ3v) is 8.01. The van der Waals surface area contributed by atoms with Crippen LogP contribution in [0.1, 0.15) is 16.1 Å². The van der Waals surface area contributed by atoms with E-state index in [2.05, 4.69) is 14.7 Å². The molecule has 0 spiro atoms. The first-order valence-corrected chi connectivity index (χ1v) is 13.9. The van der Waals surface area contributed by atoms with E-state index in [0.29, 0.717) is 34.4 Å². The van der Waals surface area contributed by atoms with Gasteiger partial charge in [0.2, 0.25) is 11.1 Å². The molecule has 0 aliphatic rings. The SMILES string of the molecule is CN=CNS(=O)(=O)c1ccccc1-c1ccc(Cn2c(-c3ccccc3)nc(Cl)c2C=O)c([SH+](=O)O)c1. The number of nitrogens with zero attached hydrogens (tertiary/aromatic N) is 3. The summed E-state index contributed by atoms with van der Waals surface area (Å²) < 4.78 is 52.0. The first-order chi connectivity index (χ1) is 17.8. The van der Waals surface area contributed by atoms with E-state index < -0.39 is 21.1 Å².